The number of ether oxygens (including phenoxy) is 1. The van der Waals surface area contributed by atoms with Crippen LogP contribution in [0.4, 0.5) is 0 Å². The summed E-state index contributed by atoms with van der Waals surface area (Å²) in [6.45, 7) is 2.94. The molecule has 0 saturated carbocycles. The van der Waals surface area contributed by atoms with Gasteiger partial charge in [0, 0.05) is 6.20 Å². The lowest BCUT2D eigenvalue weighted by Gasteiger charge is -2.08. The average molecular weight is 254 g/mol. The Hall–Kier alpha value is -1.36. The van der Waals surface area contributed by atoms with Gasteiger partial charge in [0.1, 0.15) is 0 Å². The van der Waals surface area contributed by atoms with E-state index in [9.17, 15) is 4.79 Å². The van der Waals surface area contributed by atoms with Gasteiger partial charge in [0.25, 0.3) is 5.56 Å². The number of unbranched alkanes of at least 4 members (excludes halogenated alkanes) is 2. The van der Waals surface area contributed by atoms with Crippen molar-refractivity contribution in [3.05, 3.63) is 28.7 Å². The van der Waals surface area contributed by atoms with E-state index in [2.05, 4.69) is 6.92 Å². The first-order valence-electron chi connectivity index (χ1n) is 5.75. The SMILES string of the molecule is CCCCCOc1cccn(CC(N)=S)c1=O. The second-order valence-electron chi connectivity index (χ2n) is 3.83. The Labute approximate surface area is 106 Å². The van der Waals surface area contributed by atoms with Crippen LogP contribution < -0.4 is 16.0 Å². The molecule has 0 spiro atoms. The third kappa shape index (κ3) is 4.56. The van der Waals surface area contributed by atoms with Crippen LogP contribution >= 0.6 is 12.2 Å². The van der Waals surface area contributed by atoms with E-state index in [-0.39, 0.29) is 17.1 Å². The summed E-state index contributed by atoms with van der Waals surface area (Å²) in [5.74, 6) is 0.361. The highest BCUT2D eigenvalue weighted by atomic mass is 32.1. The highest BCUT2D eigenvalue weighted by molar-refractivity contribution is 7.80. The van der Waals surface area contributed by atoms with Gasteiger partial charge in [-0.05, 0) is 18.6 Å². The fraction of sp³-hybridized carbons (Fsp3) is 0.500. The highest BCUT2D eigenvalue weighted by Gasteiger charge is 2.04. The third-order valence-electron chi connectivity index (χ3n) is 2.32. The Balaban J connectivity index is 2.66. The first-order chi connectivity index (χ1) is 8.15. The second-order valence-corrected chi connectivity index (χ2v) is 4.35. The number of aromatic nitrogens is 1. The fourth-order valence-electron chi connectivity index (χ4n) is 1.45. The summed E-state index contributed by atoms with van der Waals surface area (Å²) in [5, 5.41) is 0. The fourth-order valence-corrected chi connectivity index (χ4v) is 1.59. The van der Waals surface area contributed by atoms with Crippen molar-refractivity contribution in [2.24, 2.45) is 5.73 Å². The molecule has 2 N–H and O–H groups in total. The molecular weight excluding hydrogens is 236 g/mol. The molecule has 0 aliphatic rings. The molecule has 0 aliphatic carbocycles. The van der Waals surface area contributed by atoms with Crippen LogP contribution in [0.5, 0.6) is 5.75 Å². The lowest BCUT2D eigenvalue weighted by atomic mass is 10.3. The number of hydrogen-bond acceptors (Lipinski definition) is 3. The normalized spacial score (nSPS) is 10.2. The van der Waals surface area contributed by atoms with Crippen molar-refractivity contribution in [1.82, 2.24) is 4.57 Å². The van der Waals surface area contributed by atoms with Crippen molar-refractivity contribution in [1.29, 1.82) is 0 Å². The molecule has 0 aromatic carbocycles. The summed E-state index contributed by atoms with van der Waals surface area (Å²) in [5.41, 5.74) is 5.23. The summed E-state index contributed by atoms with van der Waals surface area (Å²) in [6.07, 6.45) is 4.85. The van der Waals surface area contributed by atoms with Gasteiger partial charge in [-0.15, -0.1) is 0 Å². The minimum Gasteiger partial charge on any atom is -0.488 e. The van der Waals surface area contributed by atoms with Crippen LogP contribution in [0.2, 0.25) is 0 Å². The number of nitrogens with zero attached hydrogens (tertiary/aromatic N) is 1. The number of pyridine rings is 1. The molecule has 0 saturated heterocycles. The molecule has 1 heterocycles. The maximum absolute atomic E-state index is 11.9. The molecule has 94 valence electrons. The molecule has 17 heavy (non-hydrogen) atoms. The van der Waals surface area contributed by atoms with Crippen molar-refractivity contribution in [2.75, 3.05) is 6.61 Å². The topological polar surface area (TPSA) is 57.2 Å². The van der Waals surface area contributed by atoms with Gasteiger partial charge < -0.3 is 15.0 Å². The van der Waals surface area contributed by atoms with Crippen LogP contribution in [0, 0.1) is 0 Å². The minimum absolute atomic E-state index is 0.184. The Morgan fingerprint density at radius 2 is 2.29 bits per heavy atom. The van der Waals surface area contributed by atoms with Gasteiger partial charge in [0.2, 0.25) is 0 Å². The molecule has 4 nitrogen and oxygen atoms in total. The van der Waals surface area contributed by atoms with E-state index in [1.807, 2.05) is 0 Å². The van der Waals surface area contributed by atoms with Gasteiger partial charge >= 0.3 is 0 Å². The van der Waals surface area contributed by atoms with Gasteiger partial charge in [-0.3, -0.25) is 4.79 Å². The molecule has 0 unspecified atom stereocenters. The summed E-state index contributed by atoms with van der Waals surface area (Å²) in [4.78, 5) is 12.2. The lowest BCUT2D eigenvalue weighted by molar-refractivity contribution is 0.300. The zero-order valence-corrected chi connectivity index (χ0v) is 10.8. The van der Waals surface area contributed by atoms with E-state index < -0.39 is 0 Å². The van der Waals surface area contributed by atoms with Crippen LogP contribution in [0.1, 0.15) is 26.2 Å². The largest absolute Gasteiger partial charge is 0.488 e. The minimum atomic E-state index is -0.184. The standard InChI is InChI=1S/C12H18N2O2S/c1-2-3-4-8-16-10-6-5-7-14(12(10)15)9-11(13)17/h5-7H,2-4,8-9H2,1H3,(H2,13,17). The van der Waals surface area contributed by atoms with E-state index in [1.165, 1.54) is 4.57 Å². The van der Waals surface area contributed by atoms with Crippen molar-refractivity contribution in [3.8, 4) is 5.75 Å². The molecule has 0 radical (unpaired) electrons. The summed E-state index contributed by atoms with van der Waals surface area (Å²) in [7, 11) is 0. The van der Waals surface area contributed by atoms with Crippen LogP contribution in [-0.4, -0.2) is 16.2 Å². The van der Waals surface area contributed by atoms with Crippen molar-refractivity contribution in [2.45, 2.75) is 32.7 Å². The Morgan fingerprint density at radius 3 is 2.94 bits per heavy atom. The Morgan fingerprint density at radius 1 is 1.53 bits per heavy atom. The maximum Gasteiger partial charge on any atom is 0.293 e. The molecule has 0 bridgehead atoms. The first-order valence-corrected chi connectivity index (χ1v) is 6.16. The second kappa shape index (κ2) is 7.06. The van der Waals surface area contributed by atoms with Gasteiger partial charge in [-0.1, -0.05) is 32.0 Å². The molecule has 0 atom stereocenters. The molecule has 0 fully saturated rings. The van der Waals surface area contributed by atoms with Gasteiger partial charge in [0.15, 0.2) is 5.75 Å². The van der Waals surface area contributed by atoms with Crippen molar-refractivity contribution >= 4 is 17.2 Å². The van der Waals surface area contributed by atoms with E-state index >= 15 is 0 Å². The van der Waals surface area contributed by atoms with Crippen LogP contribution in [0.3, 0.4) is 0 Å². The van der Waals surface area contributed by atoms with E-state index in [4.69, 9.17) is 22.7 Å². The van der Waals surface area contributed by atoms with E-state index in [0.717, 1.165) is 19.3 Å². The zero-order valence-electron chi connectivity index (χ0n) is 10.0. The van der Waals surface area contributed by atoms with Gasteiger partial charge in [0.05, 0.1) is 18.1 Å². The smallest absolute Gasteiger partial charge is 0.293 e. The van der Waals surface area contributed by atoms with Crippen molar-refractivity contribution in [3.63, 3.8) is 0 Å². The van der Waals surface area contributed by atoms with Gasteiger partial charge in [-0.25, -0.2) is 0 Å². The molecule has 1 aromatic rings. The summed E-state index contributed by atoms with van der Waals surface area (Å²) >= 11 is 4.78. The number of thiocarbonyl (C=S) groups is 1. The van der Waals surface area contributed by atoms with E-state index in [0.29, 0.717) is 12.4 Å². The summed E-state index contributed by atoms with van der Waals surface area (Å²) < 4.78 is 6.90. The monoisotopic (exact) mass is 254 g/mol. The number of hydrogen-bond donors (Lipinski definition) is 1. The molecular formula is C12H18N2O2S. The Bertz CT molecular complexity index is 429. The predicted octanol–water partition coefficient (Wildman–Crippen LogP) is 1.70. The lowest BCUT2D eigenvalue weighted by Crippen LogP contribution is -2.27. The summed E-state index contributed by atoms with van der Waals surface area (Å²) in [6, 6.07) is 3.43. The Kier molecular flexibility index (Phi) is 5.69. The maximum atomic E-state index is 11.9. The quantitative estimate of drug-likeness (QED) is 0.594. The molecule has 0 aliphatic heterocycles. The molecule has 1 aromatic heterocycles. The third-order valence-corrected chi connectivity index (χ3v) is 2.45. The van der Waals surface area contributed by atoms with Crippen molar-refractivity contribution < 1.29 is 4.74 Å². The number of rotatable bonds is 7. The highest BCUT2D eigenvalue weighted by Crippen LogP contribution is 2.04. The average Bonchev–Trinajstić information content (AvgIpc) is 2.28. The first kappa shape index (κ1) is 13.7. The zero-order chi connectivity index (χ0) is 12.7. The van der Waals surface area contributed by atoms with Gasteiger partial charge in [-0.2, -0.15) is 0 Å². The molecule has 1 rings (SSSR count). The van der Waals surface area contributed by atoms with Crippen LogP contribution in [0.25, 0.3) is 0 Å². The number of nitrogens with two attached hydrogens (primary N) is 1. The molecule has 5 heteroatoms. The predicted molar refractivity (Wildman–Crippen MR) is 72.5 cm³/mol. The van der Waals surface area contributed by atoms with E-state index in [1.54, 1.807) is 18.3 Å². The molecule has 0 amide bonds. The van der Waals surface area contributed by atoms with Crippen LogP contribution in [0.15, 0.2) is 23.1 Å². The van der Waals surface area contributed by atoms with Crippen LogP contribution in [-0.2, 0) is 6.54 Å².